The topological polar surface area (TPSA) is 53.1 Å². The van der Waals surface area contributed by atoms with Gasteiger partial charge in [-0.15, -0.1) is 0 Å². The molecule has 2 fully saturated rings. The Hall–Kier alpha value is -2.08. The maximum atomic E-state index is 12.7. The Morgan fingerprint density at radius 1 is 1.04 bits per heavy atom. The van der Waals surface area contributed by atoms with Gasteiger partial charge in [0.05, 0.1) is 20.2 Å². The number of methoxy groups -OCH3 is 1. The monoisotopic (exact) mass is 373 g/mol. The predicted molar refractivity (Wildman–Crippen MR) is 105 cm³/mol. The first kappa shape index (κ1) is 19.7. The predicted octanol–water partition coefficient (Wildman–Crippen LogP) is 2.13. The summed E-state index contributed by atoms with van der Waals surface area (Å²) in [5.41, 5.74) is 1.04. The number of carbonyl (C=O) groups excluding carboxylic acids is 2. The van der Waals surface area contributed by atoms with Gasteiger partial charge in [-0.2, -0.15) is 0 Å². The quantitative estimate of drug-likeness (QED) is 0.793. The van der Waals surface area contributed by atoms with Crippen molar-refractivity contribution >= 4 is 11.8 Å². The summed E-state index contributed by atoms with van der Waals surface area (Å²) >= 11 is 0. The van der Waals surface area contributed by atoms with Gasteiger partial charge in [0.25, 0.3) is 0 Å². The summed E-state index contributed by atoms with van der Waals surface area (Å²) in [5.74, 6) is 0.900. The normalized spacial score (nSPS) is 19.5. The van der Waals surface area contributed by atoms with Crippen LogP contribution < -0.4 is 4.74 Å². The van der Waals surface area contributed by atoms with E-state index >= 15 is 0 Å². The summed E-state index contributed by atoms with van der Waals surface area (Å²) in [5, 5.41) is 0. The van der Waals surface area contributed by atoms with Gasteiger partial charge in [0.15, 0.2) is 0 Å². The maximum Gasteiger partial charge on any atom is 0.242 e. The molecule has 0 bridgehead atoms. The Morgan fingerprint density at radius 3 is 2.48 bits per heavy atom. The molecule has 2 saturated heterocycles. The molecular formula is C21H31N3O3. The van der Waals surface area contributed by atoms with E-state index in [9.17, 15) is 9.59 Å². The average molecular weight is 373 g/mol. The molecule has 2 aliphatic rings. The third kappa shape index (κ3) is 5.70. The number of piperazine rings is 1. The Morgan fingerprint density at radius 2 is 1.78 bits per heavy atom. The van der Waals surface area contributed by atoms with Crippen LogP contribution in [0.3, 0.4) is 0 Å². The standard InChI is InChI=1S/C21H31N3O3/c1-27-19-9-7-8-18(14-19)15-23-12-13-24(17-21(23)26)20(25)16-22-10-5-3-2-4-6-11-22/h7-9,14H,2-6,10-13,15-17H2,1H3. The van der Waals surface area contributed by atoms with E-state index < -0.39 is 0 Å². The second-order valence-electron chi connectivity index (χ2n) is 7.53. The lowest BCUT2D eigenvalue weighted by atomic mass is 10.1. The van der Waals surface area contributed by atoms with E-state index in [-0.39, 0.29) is 18.4 Å². The molecule has 6 heteroatoms. The first-order chi connectivity index (χ1) is 13.2. The molecule has 0 aliphatic carbocycles. The van der Waals surface area contributed by atoms with Gasteiger partial charge in [-0.1, -0.05) is 31.4 Å². The van der Waals surface area contributed by atoms with E-state index in [0.29, 0.717) is 26.2 Å². The summed E-state index contributed by atoms with van der Waals surface area (Å²) < 4.78 is 5.25. The van der Waals surface area contributed by atoms with Crippen LogP contribution in [0, 0.1) is 0 Å². The first-order valence-corrected chi connectivity index (χ1v) is 10.1. The van der Waals surface area contributed by atoms with Crippen molar-refractivity contribution < 1.29 is 14.3 Å². The van der Waals surface area contributed by atoms with Crippen molar-refractivity contribution in [2.45, 2.75) is 38.6 Å². The Kier molecular flexibility index (Phi) is 7.10. The number of benzene rings is 1. The molecule has 2 heterocycles. The zero-order valence-electron chi connectivity index (χ0n) is 16.4. The fraction of sp³-hybridized carbons (Fsp3) is 0.619. The number of hydrogen-bond donors (Lipinski definition) is 0. The van der Waals surface area contributed by atoms with E-state index in [4.69, 9.17) is 4.74 Å². The zero-order chi connectivity index (χ0) is 19.1. The van der Waals surface area contributed by atoms with Gasteiger partial charge in [0.1, 0.15) is 5.75 Å². The van der Waals surface area contributed by atoms with Crippen LogP contribution in [-0.2, 0) is 16.1 Å². The third-order valence-corrected chi connectivity index (χ3v) is 5.49. The molecule has 1 aromatic rings. The maximum absolute atomic E-state index is 12.7. The zero-order valence-corrected chi connectivity index (χ0v) is 16.4. The highest BCUT2D eigenvalue weighted by Crippen LogP contribution is 2.16. The molecule has 0 unspecified atom stereocenters. The van der Waals surface area contributed by atoms with Crippen molar-refractivity contribution in [3.63, 3.8) is 0 Å². The average Bonchev–Trinajstić information content (AvgIpc) is 2.65. The molecule has 0 spiro atoms. The summed E-state index contributed by atoms with van der Waals surface area (Å²) in [7, 11) is 1.64. The Bertz CT molecular complexity index is 641. The van der Waals surface area contributed by atoms with Crippen LogP contribution in [-0.4, -0.2) is 72.9 Å². The van der Waals surface area contributed by atoms with Crippen LogP contribution >= 0.6 is 0 Å². The lowest BCUT2D eigenvalue weighted by Gasteiger charge is -2.35. The minimum atomic E-state index is 0.0186. The van der Waals surface area contributed by atoms with Gasteiger partial charge in [0.2, 0.25) is 11.8 Å². The van der Waals surface area contributed by atoms with Gasteiger partial charge >= 0.3 is 0 Å². The molecule has 0 radical (unpaired) electrons. The van der Waals surface area contributed by atoms with Gasteiger partial charge in [-0.05, 0) is 43.6 Å². The fourth-order valence-electron chi connectivity index (χ4n) is 3.84. The summed E-state index contributed by atoms with van der Waals surface area (Å²) in [4.78, 5) is 31.0. The van der Waals surface area contributed by atoms with Crippen LogP contribution in [0.15, 0.2) is 24.3 Å². The third-order valence-electron chi connectivity index (χ3n) is 5.49. The smallest absolute Gasteiger partial charge is 0.242 e. The second kappa shape index (κ2) is 9.74. The molecule has 0 atom stereocenters. The molecule has 6 nitrogen and oxygen atoms in total. The van der Waals surface area contributed by atoms with Crippen LogP contribution in [0.1, 0.15) is 37.7 Å². The largest absolute Gasteiger partial charge is 0.497 e. The SMILES string of the molecule is COc1cccc(CN2CCN(C(=O)CN3CCCCCCC3)CC2=O)c1. The lowest BCUT2D eigenvalue weighted by Crippen LogP contribution is -2.53. The lowest BCUT2D eigenvalue weighted by molar-refractivity contribution is -0.146. The minimum Gasteiger partial charge on any atom is -0.497 e. The van der Waals surface area contributed by atoms with Crippen molar-refractivity contribution in [3.05, 3.63) is 29.8 Å². The Labute approximate surface area is 162 Å². The molecule has 3 rings (SSSR count). The molecular weight excluding hydrogens is 342 g/mol. The number of rotatable bonds is 5. The highest BCUT2D eigenvalue weighted by molar-refractivity contribution is 5.86. The summed E-state index contributed by atoms with van der Waals surface area (Å²) in [6, 6.07) is 7.77. The van der Waals surface area contributed by atoms with Gasteiger partial charge in [-0.25, -0.2) is 0 Å². The van der Waals surface area contributed by atoms with Gasteiger partial charge in [0, 0.05) is 19.6 Å². The van der Waals surface area contributed by atoms with Crippen molar-refractivity contribution in [2.75, 3.05) is 46.4 Å². The van der Waals surface area contributed by atoms with Crippen molar-refractivity contribution in [1.29, 1.82) is 0 Å². The van der Waals surface area contributed by atoms with Crippen LogP contribution in [0.4, 0.5) is 0 Å². The van der Waals surface area contributed by atoms with Crippen LogP contribution in [0.5, 0.6) is 5.75 Å². The van der Waals surface area contributed by atoms with E-state index in [0.717, 1.165) is 24.4 Å². The number of ether oxygens (including phenoxy) is 1. The summed E-state index contributed by atoms with van der Waals surface area (Å²) in [6.45, 7) is 4.39. The molecule has 2 aliphatic heterocycles. The number of carbonyl (C=O) groups is 2. The van der Waals surface area contributed by atoms with E-state index in [1.54, 1.807) is 12.0 Å². The minimum absolute atomic E-state index is 0.0186. The van der Waals surface area contributed by atoms with E-state index in [1.807, 2.05) is 29.2 Å². The molecule has 27 heavy (non-hydrogen) atoms. The summed E-state index contributed by atoms with van der Waals surface area (Å²) in [6.07, 6.45) is 6.16. The fourth-order valence-corrected chi connectivity index (χ4v) is 3.84. The van der Waals surface area contributed by atoms with Gasteiger partial charge < -0.3 is 14.5 Å². The molecule has 1 aromatic carbocycles. The number of nitrogens with zero attached hydrogens (tertiary/aromatic N) is 3. The highest BCUT2D eigenvalue weighted by atomic mass is 16.5. The molecule has 0 N–H and O–H groups in total. The number of likely N-dealkylation sites (tertiary alicyclic amines) is 1. The van der Waals surface area contributed by atoms with Crippen LogP contribution in [0.2, 0.25) is 0 Å². The molecule has 0 aromatic heterocycles. The van der Waals surface area contributed by atoms with Crippen molar-refractivity contribution in [2.24, 2.45) is 0 Å². The molecule has 0 saturated carbocycles. The molecule has 2 amide bonds. The first-order valence-electron chi connectivity index (χ1n) is 10.1. The number of hydrogen-bond acceptors (Lipinski definition) is 4. The second-order valence-corrected chi connectivity index (χ2v) is 7.53. The molecule has 148 valence electrons. The van der Waals surface area contributed by atoms with Gasteiger partial charge in [-0.3, -0.25) is 14.5 Å². The highest BCUT2D eigenvalue weighted by Gasteiger charge is 2.28. The van der Waals surface area contributed by atoms with Crippen molar-refractivity contribution in [1.82, 2.24) is 14.7 Å². The van der Waals surface area contributed by atoms with E-state index in [2.05, 4.69) is 4.90 Å². The van der Waals surface area contributed by atoms with E-state index in [1.165, 1.54) is 32.1 Å². The Balaban J connectivity index is 1.49. The van der Waals surface area contributed by atoms with Crippen LogP contribution in [0.25, 0.3) is 0 Å². The number of amides is 2. The van der Waals surface area contributed by atoms with Crippen molar-refractivity contribution in [3.8, 4) is 5.75 Å².